The second kappa shape index (κ2) is 7.33. The van der Waals surface area contributed by atoms with E-state index in [0.29, 0.717) is 25.1 Å². The quantitative estimate of drug-likeness (QED) is 0.811. The van der Waals surface area contributed by atoms with Gasteiger partial charge >= 0.3 is 0 Å². The molecule has 0 unspecified atom stereocenters. The Balaban J connectivity index is 1.74. The van der Waals surface area contributed by atoms with Gasteiger partial charge < -0.3 is 5.32 Å². The number of carbonyl (C=O) groups is 1. The van der Waals surface area contributed by atoms with Crippen molar-refractivity contribution in [3.63, 3.8) is 0 Å². The lowest BCUT2D eigenvalue weighted by Crippen LogP contribution is -2.29. The van der Waals surface area contributed by atoms with E-state index in [9.17, 15) is 14.0 Å². The van der Waals surface area contributed by atoms with Crippen LogP contribution >= 0.6 is 0 Å². The van der Waals surface area contributed by atoms with E-state index < -0.39 is 0 Å². The van der Waals surface area contributed by atoms with Gasteiger partial charge in [-0.15, -0.1) is 0 Å². The van der Waals surface area contributed by atoms with Gasteiger partial charge in [-0.3, -0.25) is 9.59 Å². The molecule has 6 heteroatoms. The van der Waals surface area contributed by atoms with Crippen molar-refractivity contribution in [2.24, 2.45) is 0 Å². The minimum absolute atomic E-state index is 0.0101. The lowest BCUT2D eigenvalue weighted by Gasteiger charge is -2.06. The summed E-state index contributed by atoms with van der Waals surface area (Å²) < 4.78 is 14.7. The highest BCUT2D eigenvalue weighted by atomic mass is 19.1. The molecule has 2 aromatic rings. The van der Waals surface area contributed by atoms with Gasteiger partial charge in [-0.2, -0.15) is 5.10 Å². The van der Waals surface area contributed by atoms with Crippen LogP contribution in [-0.2, 0) is 17.8 Å². The van der Waals surface area contributed by atoms with Crippen molar-refractivity contribution < 1.29 is 9.18 Å². The topological polar surface area (TPSA) is 64.0 Å². The maximum atomic E-state index is 13.4. The molecular formula is C15H16FN3O2. The third kappa shape index (κ3) is 4.52. The van der Waals surface area contributed by atoms with Crippen LogP contribution in [0.3, 0.4) is 0 Å². The molecule has 0 aliphatic rings. The van der Waals surface area contributed by atoms with E-state index in [0.717, 1.165) is 0 Å². The normalized spacial score (nSPS) is 10.3. The summed E-state index contributed by atoms with van der Waals surface area (Å²) in [4.78, 5) is 23.1. The zero-order valence-electron chi connectivity index (χ0n) is 11.5. The number of amides is 1. The van der Waals surface area contributed by atoms with Gasteiger partial charge in [0.25, 0.3) is 5.56 Å². The first kappa shape index (κ1) is 14.9. The van der Waals surface area contributed by atoms with E-state index in [1.54, 1.807) is 24.3 Å². The highest BCUT2D eigenvalue weighted by molar-refractivity contribution is 5.78. The summed E-state index contributed by atoms with van der Waals surface area (Å²) in [6.07, 6.45) is 2.13. The predicted molar refractivity (Wildman–Crippen MR) is 76.2 cm³/mol. The molecule has 2 rings (SSSR count). The van der Waals surface area contributed by atoms with Crippen LogP contribution in [0.4, 0.5) is 4.39 Å². The molecule has 110 valence electrons. The molecule has 0 bridgehead atoms. The number of hydrogen-bond acceptors (Lipinski definition) is 3. The number of benzene rings is 1. The van der Waals surface area contributed by atoms with E-state index in [-0.39, 0.29) is 23.7 Å². The molecule has 1 aromatic carbocycles. The van der Waals surface area contributed by atoms with Gasteiger partial charge in [0.15, 0.2) is 0 Å². The lowest BCUT2D eigenvalue weighted by molar-refractivity contribution is -0.120. The van der Waals surface area contributed by atoms with E-state index in [2.05, 4.69) is 10.4 Å². The Morgan fingerprint density at radius 1 is 1.24 bits per heavy atom. The van der Waals surface area contributed by atoms with E-state index >= 15 is 0 Å². The van der Waals surface area contributed by atoms with Crippen LogP contribution in [-0.4, -0.2) is 22.2 Å². The summed E-state index contributed by atoms with van der Waals surface area (Å²) in [5.74, 6) is -0.624. The van der Waals surface area contributed by atoms with Gasteiger partial charge in [-0.05, 0) is 24.1 Å². The fourth-order valence-corrected chi connectivity index (χ4v) is 1.89. The minimum Gasteiger partial charge on any atom is -0.356 e. The molecule has 1 amide bonds. The lowest BCUT2D eigenvalue weighted by atomic mass is 10.1. The van der Waals surface area contributed by atoms with E-state index in [1.807, 2.05) is 0 Å². The molecule has 1 heterocycles. The van der Waals surface area contributed by atoms with Crippen molar-refractivity contribution in [3.05, 3.63) is 64.3 Å². The average Bonchev–Trinajstić information content (AvgIpc) is 2.48. The fourth-order valence-electron chi connectivity index (χ4n) is 1.89. The Labute approximate surface area is 121 Å². The third-order valence-electron chi connectivity index (χ3n) is 2.96. The van der Waals surface area contributed by atoms with Crippen LogP contribution in [0.25, 0.3) is 0 Å². The molecular weight excluding hydrogens is 273 g/mol. The second-order valence-electron chi connectivity index (χ2n) is 4.56. The van der Waals surface area contributed by atoms with Gasteiger partial charge in [0.2, 0.25) is 5.91 Å². The molecule has 0 atom stereocenters. The highest BCUT2D eigenvalue weighted by Gasteiger charge is 2.06. The Morgan fingerprint density at radius 2 is 2.05 bits per heavy atom. The smallest absolute Gasteiger partial charge is 0.266 e. The largest absolute Gasteiger partial charge is 0.356 e. The number of hydrogen-bond donors (Lipinski definition) is 1. The maximum absolute atomic E-state index is 13.4. The number of nitrogens with one attached hydrogen (secondary N) is 1. The SMILES string of the molecule is O=C(Cc1ccccc1F)NCCCn1ncccc1=O. The summed E-state index contributed by atoms with van der Waals surface area (Å²) in [7, 11) is 0. The van der Waals surface area contributed by atoms with Gasteiger partial charge in [-0.1, -0.05) is 18.2 Å². The van der Waals surface area contributed by atoms with Gasteiger partial charge in [0.1, 0.15) is 5.82 Å². The van der Waals surface area contributed by atoms with Crippen LogP contribution in [0.2, 0.25) is 0 Å². The molecule has 5 nitrogen and oxygen atoms in total. The van der Waals surface area contributed by atoms with Crippen LogP contribution in [0.1, 0.15) is 12.0 Å². The monoisotopic (exact) mass is 289 g/mol. The minimum atomic E-state index is -0.382. The number of halogens is 1. The van der Waals surface area contributed by atoms with Crippen molar-refractivity contribution >= 4 is 5.91 Å². The number of rotatable bonds is 6. The van der Waals surface area contributed by atoms with Crippen LogP contribution in [0, 0.1) is 5.82 Å². The Hall–Kier alpha value is -2.50. The molecule has 0 aliphatic heterocycles. The van der Waals surface area contributed by atoms with Crippen LogP contribution in [0.15, 0.2) is 47.4 Å². The summed E-state index contributed by atoms with van der Waals surface area (Å²) in [6, 6.07) is 9.21. The van der Waals surface area contributed by atoms with Gasteiger partial charge in [0.05, 0.1) is 6.42 Å². The summed E-state index contributed by atoms with van der Waals surface area (Å²) in [6.45, 7) is 0.843. The van der Waals surface area contributed by atoms with Crippen molar-refractivity contribution in [1.29, 1.82) is 0 Å². The first-order chi connectivity index (χ1) is 10.2. The van der Waals surface area contributed by atoms with Gasteiger partial charge in [-0.25, -0.2) is 9.07 Å². The average molecular weight is 289 g/mol. The number of nitrogens with zero attached hydrogens (tertiary/aromatic N) is 2. The molecule has 0 aliphatic carbocycles. The molecule has 1 N–H and O–H groups in total. The fraction of sp³-hybridized carbons (Fsp3) is 0.267. The molecule has 0 saturated carbocycles. The molecule has 0 fully saturated rings. The standard InChI is InChI=1S/C15H16FN3O2/c16-13-6-2-1-5-12(13)11-14(20)17-8-4-10-19-15(21)7-3-9-18-19/h1-3,5-7,9H,4,8,10-11H2,(H,17,20). The predicted octanol–water partition coefficient (Wildman–Crippen LogP) is 1.13. The second-order valence-corrected chi connectivity index (χ2v) is 4.56. The maximum Gasteiger partial charge on any atom is 0.266 e. The molecule has 0 saturated heterocycles. The van der Waals surface area contributed by atoms with Crippen LogP contribution in [0.5, 0.6) is 0 Å². The summed E-state index contributed by atoms with van der Waals surface area (Å²) in [5, 5.41) is 6.62. The van der Waals surface area contributed by atoms with Crippen molar-refractivity contribution in [2.45, 2.75) is 19.4 Å². The van der Waals surface area contributed by atoms with Gasteiger partial charge in [0, 0.05) is 25.4 Å². The number of carbonyl (C=O) groups excluding carboxylic acids is 1. The van der Waals surface area contributed by atoms with Crippen molar-refractivity contribution in [3.8, 4) is 0 Å². The number of aryl methyl sites for hydroxylation is 1. The van der Waals surface area contributed by atoms with E-state index in [4.69, 9.17) is 0 Å². The molecule has 0 spiro atoms. The van der Waals surface area contributed by atoms with Crippen molar-refractivity contribution in [2.75, 3.05) is 6.54 Å². The summed E-state index contributed by atoms with van der Waals surface area (Å²) >= 11 is 0. The Kier molecular flexibility index (Phi) is 5.20. The van der Waals surface area contributed by atoms with E-state index in [1.165, 1.54) is 23.0 Å². The zero-order valence-corrected chi connectivity index (χ0v) is 11.5. The van der Waals surface area contributed by atoms with Crippen LogP contribution < -0.4 is 10.9 Å². The highest BCUT2D eigenvalue weighted by Crippen LogP contribution is 2.06. The zero-order chi connectivity index (χ0) is 15.1. The van der Waals surface area contributed by atoms with Crippen molar-refractivity contribution in [1.82, 2.24) is 15.1 Å². The molecule has 0 radical (unpaired) electrons. The Morgan fingerprint density at radius 3 is 2.81 bits per heavy atom. The third-order valence-corrected chi connectivity index (χ3v) is 2.96. The first-order valence-corrected chi connectivity index (χ1v) is 6.69. The number of aromatic nitrogens is 2. The first-order valence-electron chi connectivity index (χ1n) is 6.69. The Bertz CT molecular complexity index is 670. The molecule has 1 aromatic heterocycles. The summed E-state index contributed by atoms with van der Waals surface area (Å²) in [5.41, 5.74) is 0.200. The molecule has 21 heavy (non-hydrogen) atoms.